The van der Waals surface area contributed by atoms with Crippen LogP contribution in [0.2, 0.25) is 0 Å². The molecule has 0 saturated heterocycles. The van der Waals surface area contributed by atoms with Gasteiger partial charge in [0.2, 0.25) is 11.8 Å². The highest BCUT2D eigenvalue weighted by Gasteiger charge is 2.12. The molecule has 0 aliphatic heterocycles. The van der Waals surface area contributed by atoms with Gasteiger partial charge in [-0.1, -0.05) is 12.1 Å². The lowest BCUT2D eigenvalue weighted by Crippen LogP contribution is -1.99. The predicted molar refractivity (Wildman–Crippen MR) is 70.5 cm³/mol. The van der Waals surface area contributed by atoms with E-state index in [4.69, 9.17) is 10.5 Å². The van der Waals surface area contributed by atoms with Crippen molar-refractivity contribution in [2.75, 3.05) is 12.8 Å². The molecule has 1 aliphatic carbocycles. The number of benzene rings is 1. The molecule has 2 N–H and O–H groups in total. The van der Waals surface area contributed by atoms with E-state index in [1.54, 1.807) is 7.11 Å². The summed E-state index contributed by atoms with van der Waals surface area (Å²) in [5, 5.41) is 0. The van der Waals surface area contributed by atoms with Crippen molar-refractivity contribution in [3.8, 4) is 17.1 Å². The van der Waals surface area contributed by atoms with Crippen LogP contribution in [-0.4, -0.2) is 17.1 Å². The predicted octanol–water partition coefficient (Wildman–Crippen LogP) is 2.22. The van der Waals surface area contributed by atoms with E-state index in [1.807, 2.05) is 6.07 Å². The zero-order chi connectivity index (χ0) is 12.5. The lowest BCUT2D eigenvalue weighted by molar-refractivity contribution is 0.398. The van der Waals surface area contributed by atoms with Gasteiger partial charge in [-0.3, -0.25) is 0 Å². The van der Waals surface area contributed by atoms with E-state index in [-0.39, 0.29) is 5.95 Å². The van der Waals surface area contributed by atoms with Gasteiger partial charge in [0, 0.05) is 11.6 Å². The molecule has 0 radical (unpaired) electrons. The second-order valence-corrected chi connectivity index (χ2v) is 4.49. The number of fused-ring (bicyclic) bond motifs is 1. The zero-order valence-electron chi connectivity index (χ0n) is 10.3. The normalized spacial score (nSPS) is 13.4. The number of rotatable bonds is 2. The highest BCUT2D eigenvalue weighted by molar-refractivity contribution is 5.63. The van der Waals surface area contributed by atoms with Crippen molar-refractivity contribution in [2.45, 2.75) is 19.3 Å². The number of anilines is 1. The Morgan fingerprint density at radius 2 is 1.94 bits per heavy atom. The van der Waals surface area contributed by atoms with E-state index in [9.17, 15) is 0 Å². The molecule has 0 fully saturated rings. The van der Waals surface area contributed by atoms with Gasteiger partial charge in [0.05, 0.1) is 12.8 Å². The molecule has 2 aromatic rings. The van der Waals surface area contributed by atoms with Gasteiger partial charge in [-0.25, -0.2) is 4.98 Å². The van der Waals surface area contributed by atoms with Gasteiger partial charge in [-0.15, -0.1) is 0 Å². The first-order valence-electron chi connectivity index (χ1n) is 6.07. The second kappa shape index (κ2) is 4.29. The van der Waals surface area contributed by atoms with Crippen LogP contribution in [0.3, 0.4) is 0 Å². The molecule has 4 nitrogen and oxygen atoms in total. The third-order valence-corrected chi connectivity index (χ3v) is 3.32. The lowest BCUT2D eigenvalue weighted by atomic mass is 10.0. The Labute approximate surface area is 106 Å². The highest BCUT2D eigenvalue weighted by atomic mass is 16.5. The van der Waals surface area contributed by atoms with Gasteiger partial charge in [-0.2, -0.15) is 4.98 Å². The van der Waals surface area contributed by atoms with E-state index >= 15 is 0 Å². The van der Waals surface area contributed by atoms with Gasteiger partial charge in [0.25, 0.3) is 0 Å². The summed E-state index contributed by atoms with van der Waals surface area (Å²) in [4.78, 5) is 8.26. The van der Waals surface area contributed by atoms with E-state index in [0.29, 0.717) is 5.88 Å². The van der Waals surface area contributed by atoms with Gasteiger partial charge in [0.15, 0.2) is 0 Å². The Bertz CT molecular complexity index is 596. The molecule has 0 amide bonds. The molecule has 92 valence electrons. The number of ether oxygens (including phenoxy) is 1. The van der Waals surface area contributed by atoms with Crippen LogP contribution in [0.5, 0.6) is 5.88 Å². The Morgan fingerprint density at radius 3 is 2.78 bits per heavy atom. The summed E-state index contributed by atoms with van der Waals surface area (Å²) in [7, 11) is 1.58. The molecule has 0 spiro atoms. The third kappa shape index (κ3) is 1.90. The molecular weight excluding hydrogens is 226 g/mol. The number of nitrogens with zero attached hydrogens (tertiary/aromatic N) is 2. The van der Waals surface area contributed by atoms with E-state index < -0.39 is 0 Å². The minimum atomic E-state index is 0.241. The van der Waals surface area contributed by atoms with E-state index in [2.05, 4.69) is 28.2 Å². The first-order chi connectivity index (χ1) is 8.76. The van der Waals surface area contributed by atoms with Crippen molar-refractivity contribution in [3.63, 3.8) is 0 Å². The fraction of sp³-hybridized carbons (Fsp3) is 0.286. The van der Waals surface area contributed by atoms with Gasteiger partial charge in [-0.05, 0) is 36.5 Å². The summed E-state index contributed by atoms with van der Waals surface area (Å²) in [5.41, 5.74) is 10.4. The smallest absolute Gasteiger partial charge is 0.223 e. The van der Waals surface area contributed by atoms with Crippen LogP contribution in [0.15, 0.2) is 24.3 Å². The van der Waals surface area contributed by atoms with Crippen molar-refractivity contribution in [1.82, 2.24) is 9.97 Å². The molecule has 1 heterocycles. The van der Waals surface area contributed by atoms with Crippen LogP contribution >= 0.6 is 0 Å². The van der Waals surface area contributed by atoms with Crippen molar-refractivity contribution >= 4 is 5.95 Å². The van der Waals surface area contributed by atoms with E-state index in [0.717, 1.165) is 17.7 Å². The van der Waals surface area contributed by atoms with Crippen LogP contribution in [0.1, 0.15) is 17.5 Å². The van der Waals surface area contributed by atoms with Gasteiger partial charge < -0.3 is 10.5 Å². The second-order valence-electron chi connectivity index (χ2n) is 4.49. The number of methoxy groups -OCH3 is 1. The van der Waals surface area contributed by atoms with Crippen LogP contribution < -0.4 is 10.5 Å². The molecule has 3 rings (SSSR count). The molecule has 18 heavy (non-hydrogen) atoms. The Balaban J connectivity index is 2.06. The molecule has 0 bridgehead atoms. The molecule has 0 saturated carbocycles. The number of aromatic nitrogens is 2. The number of aryl methyl sites for hydroxylation is 2. The molecule has 1 aromatic heterocycles. The summed E-state index contributed by atoms with van der Waals surface area (Å²) in [5.74, 6) is 0.739. The minimum Gasteiger partial charge on any atom is -0.481 e. The van der Waals surface area contributed by atoms with Gasteiger partial charge in [0.1, 0.15) is 0 Å². The highest BCUT2D eigenvalue weighted by Crippen LogP contribution is 2.28. The SMILES string of the molecule is COc1cc(-c2ccc3c(c2)CCC3)nc(N)n1. The topological polar surface area (TPSA) is 61.0 Å². The van der Waals surface area contributed by atoms with Crippen molar-refractivity contribution in [2.24, 2.45) is 0 Å². The van der Waals surface area contributed by atoms with Crippen molar-refractivity contribution in [1.29, 1.82) is 0 Å². The number of nitrogen functional groups attached to an aromatic ring is 1. The lowest BCUT2D eigenvalue weighted by Gasteiger charge is -2.07. The van der Waals surface area contributed by atoms with Crippen LogP contribution in [-0.2, 0) is 12.8 Å². The average molecular weight is 241 g/mol. The fourth-order valence-corrected chi connectivity index (χ4v) is 2.43. The standard InChI is InChI=1S/C14H15N3O/c1-18-13-8-12(16-14(15)17-13)11-6-5-9-3-2-4-10(9)7-11/h5-8H,2-4H2,1H3,(H2,15,16,17). The quantitative estimate of drug-likeness (QED) is 0.875. The average Bonchev–Trinajstić information content (AvgIpc) is 2.85. The maximum absolute atomic E-state index is 5.68. The molecule has 0 unspecified atom stereocenters. The van der Waals surface area contributed by atoms with Crippen LogP contribution in [0.25, 0.3) is 11.3 Å². The summed E-state index contributed by atoms with van der Waals surface area (Å²) in [6, 6.07) is 8.28. The van der Waals surface area contributed by atoms with Crippen LogP contribution in [0, 0.1) is 0 Å². The Hall–Kier alpha value is -2.10. The summed E-state index contributed by atoms with van der Waals surface area (Å²) < 4.78 is 5.12. The largest absolute Gasteiger partial charge is 0.481 e. The molecule has 1 aliphatic rings. The minimum absolute atomic E-state index is 0.241. The zero-order valence-corrected chi connectivity index (χ0v) is 10.3. The summed E-state index contributed by atoms with van der Waals surface area (Å²) in [6.07, 6.45) is 3.58. The van der Waals surface area contributed by atoms with Crippen molar-refractivity contribution in [3.05, 3.63) is 35.4 Å². The Morgan fingerprint density at radius 1 is 1.11 bits per heavy atom. The molecule has 4 heteroatoms. The summed E-state index contributed by atoms with van der Waals surface area (Å²) in [6.45, 7) is 0. The van der Waals surface area contributed by atoms with Crippen LogP contribution in [0.4, 0.5) is 5.95 Å². The molecular formula is C14H15N3O. The Kier molecular flexibility index (Phi) is 2.63. The monoisotopic (exact) mass is 241 g/mol. The van der Waals surface area contributed by atoms with Gasteiger partial charge >= 0.3 is 0 Å². The molecule has 1 aromatic carbocycles. The van der Waals surface area contributed by atoms with Crippen molar-refractivity contribution < 1.29 is 4.74 Å². The molecule has 0 atom stereocenters. The van der Waals surface area contributed by atoms with E-state index in [1.165, 1.54) is 24.0 Å². The number of hydrogen-bond donors (Lipinski definition) is 1. The maximum Gasteiger partial charge on any atom is 0.223 e. The summed E-state index contributed by atoms with van der Waals surface area (Å²) >= 11 is 0. The first kappa shape index (κ1) is 11.0. The fourth-order valence-electron chi connectivity index (χ4n) is 2.43. The maximum atomic E-state index is 5.68. The number of nitrogens with two attached hydrogens (primary N) is 1. The number of hydrogen-bond acceptors (Lipinski definition) is 4. The third-order valence-electron chi connectivity index (χ3n) is 3.32. The first-order valence-corrected chi connectivity index (χ1v) is 6.07.